The van der Waals surface area contributed by atoms with Crippen molar-refractivity contribution in [3.8, 4) is 33.4 Å². The second-order valence-electron chi connectivity index (χ2n) is 12.7. The van der Waals surface area contributed by atoms with Crippen molar-refractivity contribution >= 4 is 60.9 Å². The molecule has 10 aromatic rings. The molecular weight excluding hydrogens is 627 g/mol. The predicted octanol–water partition coefficient (Wildman–Crippen LogP) is 12.7. The summed E-state index contributed by atoms with van der Waals surface area (Å²) in [6.07, 6.45) is 7.54. The van der Waals surface area contributed by atoms with Gasteiger partial charge in [-0.3, -0.25) is 9.97 Å². The highest BCUT2D eigenvalue weighted by Crippen LogP contribution is 2.41. The number of para-hydroxylation sites is 2. The van der Waals surface area contributed by atoms with Gasteiger partial charge in [0.25, 0.3) is 0 Å². The molecule has 10 rings (SSSR count). The Morgan fingerprint density at radius 2 is 0.725 bits per heavy atom. The summed E-state index contributed by atoms with van der Waals surface area (Å²) < 4.78 is 12.7. The van der Waals surface area contributed by atoms with Gasteiger partial charge in [0.2, 0.25) is 0 Å². The molecule has 0 aliphatic heterocycles. The first-order chi connectivity index (χ1) is 25.3. The number of nitrogens with zero attached hydrogens (tertiary/aromatic N) is 3. The number of fused-ring (bicyclic) bond motifs is 6. The van der Waals surface area contributed by atoms with Crippen LogP contribution in [0.4, 0.5) is 17.1 Å². The molecule has 240 valence electrons. The quantitative estimate of drug-likeness (QED) is 0.178. The van der Waals surface area contributed by atoms with Crippen LogP contribution >= 0.6 is 0 Å². The first-order valence-electron chi connectivity index (χ1n) is 17.0. The summed E-state index contributed by atoms with van der Waals surface area (Å²) >= 11 is 0. The van der Waals surface area contributed by atoms with Gasteiger partial charge in [-0.2, -0.15) is 0 Å². The van der Waals surface area contributed by atoms with Crippen molar-refractivity contribution in [2.45, 2.75) is 0 Å². The zero-order valence-corrected chi connectivity index (χ0v) is 27.4. The summed E-state index contributed by atoms with van der Waals surface area (Å²) in [4.78, 5) is 11.4. The summed E-state index contributed by atoms with van der Waals surface area (Å²) in [6, 6.07) is 52.6. The minimum absolute atomic E-state index is 0.844. The number of pyridine rings is 2. The average molecular weight is 656 g/mol. The standard InChI is InChI=1S/C46H29N3O2/c1-2-8-30(9-3-1)31-14-20-34(21-15-31)49(35-22-16-32(17-23-35)39-26-47-28-41-37-10-4-6-12-43(37)50-45(39)41)36-24-18-33(19-25-36)40-27-48-29-42-38-11-5-7-13-44(38)51-46(40)42/h1-29H. The fourth-order valence-electron chi connectivity index (χ4n) is 7.15. The van der Waals surface area contributed by atoms with E-state index in [9.17, 15) is 0 Å². The molecule has 0 aliphatic carbocycles. The van der Waals surface area contributed by atoms with E-state index < -0.39 is 0 Å². The Morgan fingerprint density at radius 3 is 1.20 bits per heavy atom. The maximum atomic E-state index is 6.33. The normalized spacial score (nSPS) is 11.5. The summed E-state index contributed by atoms with van der Waals surface area (Å²) in [5.74, 6) is 0. The topological polar surface area (TPSA) is 55.3 Å². The van der Waals surface area contributed by atoms with Crippen LogP contribution in [0.2, 0.25) is 0 Å². The first kappa shape index (κ1) is 29.0. The highest BCUT2D eigenvalue weighted by Gasteiger charge is 2.17. The maximum absolute atomic E-state index is 6.33. The van der Waals surface area contributed by atoms with Crippen LogP contribution in [0.1, 0.15) is 0 Å². The minimum Gasteiger partial charge on any atom is -0.455 e. The lowest BCUT2D eigenvalue weighted by Crippen LogP contribution is -2.09. The number of benzene rings is 6. The van der Waals surface area contributed by atoms with Crippen LogP contribution in [-0.4, -0.2) is 9.97 Å². The average Bonchev–Trinajstić information content (AvgIpc) is 3.78. The molecule has 0 N–H and O–H groups in total. The van der Waals surface area contributed by atoms with Crippen molar-refractivity contribution in [2.24, 2.45) is 0 Å². The molecule has 0 radical (unpaired) electrons. The molecule has 0 atom stereocenters. The van der Waals surface area contributed by atoms with E-state index in [1.807, 2.05) is 67.3 Å². The second-order valence-corrected chi connectivity index (χ2v) is 12.7. The number of hydrogen-bond acceptors (Lipinski definition) is 5. The van der Waals surface area contributed by atoms with Crippen molar-refractivity contribution in [3.05, 3.63) is 176 Å². The van der Waals surface area contributed by atoms with Crippen LogP contribution in [0.5, 0.6) is 0 Å². The number of hydrogen-bond donors (Lipinski definition) is 0. The third-order valence-electron chi connectivity index (χ3n) is 9.68. The number of anilines is 3. The van der Waals surface area contributed by atoms with Crippen molar-refractivity contribution < 1.29 is 8.83 Å². The van der Waals surface area contributed by atoms with Gasteiger partial charge < -0.3 is 13.7 Å². The Balaban J connectivity index is 1.06. The third kappa shape index (κ3) is 4.94. The Hall–Kier alpha value is -6.98. The Kier molecular flexibility index (Phi) is 6.74. The predicted molar refractivity (Wildman–Crippen MR) is 208 cm³/mol. The molecule has 0 fully saturated rings. The minimum atomic E-state index is 0.844. The lowest BCUT2D eigenvalue weighted by atomic mass is 10.0. The highest BCUT2D eigenvalue weighted by molar-refractivity contribution is 6.10. The van der Waals surface area contributed by atoms with E-state index in [0.29, 0.717) is 0 Å². The van der Waals surface area contributed by atoms with Crippen LogP contribution in [0.25, 0.3) is 77.3 Å². The van der Waals surface area contributed by atoms with E-state index in [1.54, 1.807) is 0 Å². The second kappa shape index (κ2) is 11.9. The largest absolute Gasteiger partial charge is 0.455 e. The van der Waals surface area contributed by atoms with Gasteiger partial charge in [-0.15, -0.1) is 0 Å². The first-order valence-corrected chi connectivity index (χ1v) is 17.0. The van der Waals surface area contributed by atoms with Crippen LogP contribution < -0.4 is 4.90 Å². The number of aromatic nitrogens is 2. The van der Waals surface area contributed by atoms with Crippen LogP contribution in [0.3, 0.4) is 0 Å². The van der Waals surface area contributed by atoms with E-state index in [1.165, 1.54) is 11.1 Å². The smallest absolute Gasteiger partial charge is 0.146 e. The van der Waals surface area contributed by atoms with E-state index >= 15 is 0 Å². The van der Waals surface area contributed by atoms with Gasteiger partial charge in [-0.05, 0) is 70.8 Å². The van der Waals surface area contributed by atoms with Gasteiger partial charge in [0.1, 0.15) is 22.3 Å². The molecule has 5 nitrogen and oxygen atoms in total. The van der Waals surface area contributed by atoms with Gasteiger partial charge in [-0.25, -0.2) is 0 Å². The molecule has 0 bridgehead atoms. The fraction of sp³-hybridized carbons (Fsp3) is 0. The summed E-state index contributed by atoms with van der Waals surface area (Å²) in [5, 5.41) is 4.17. The van der Waals surface area contributed by atoms with E-state index in [0.717, 1.165) is 83.2 Å². The molecule has 6 aromatic carbocycles. The Morgan fingerprint density at radius 1 is 0.333 bits per heavy atom. The molecule has 0 amide bonds. The molecule has 0 spiro atoms. The van der Waals surface area contributed by atoms with Crippen molar-refractivity contribution in [1.82, 2.24) is 9.97 Å². The van der Waals surface area contributed by atoms with E-state index in [2.05, 4.69) is 124 Å². The number of rotatable bonds is 6. The number of furan rings is 2. The molecule has 51 heavy (non-hydrogen) atoms. The molecule has 4 heterocycles. The summed E-state index contributed by atoms with van der Waals surface area (Å²) in [7, 11) is 0. The molecule has 0 saturated heterocycles. The lowest BCUT2D eigenvalue weighted by molar-refractivity contribution is 0.669. The monoisotopic (exact) mass is 655 g/mol. The van der Waals surface area contributed by atoms with Crippen molar-refractivity contribution in [2.75, 3.05) is 4.90 Å². The van der Waals surface area contributed by atoms with E-state index in [4.69, 9.17) is 8.83 Å². The van der Waals surface area contributed by atoms with E-state index in [-0.39, 0.29) is 0 Å². The van der Waals surface area contributed by atoms with Gasteiger partial charge in [0.05, 0.1) is 0 Å². The van der Waals surface area contributed by atoms with Crippen LogP contribution in [-0.2, 0) is 0 Å². The maximum Gasteiger partial charge on any atom is 0.146 e. The van der Waals surface area contributed by atoms with Gasteiger partial charge in [-0.1, -0.05) is 103 Å². The third-order valence-corrected chi connectivity index (χ3v) is 9.68. The zero-order valence-electron chi connectivity index (χ0n) is 27.4. The van der Waals surface area contributed by atoms with Crippen LogP contribution in [0.15, 0.2) is 185 Å². The molecular formula is C46H29N3O2. The van der Waals surface area contributed by atoms with Gasteiger partial charge >= 0.3 is 0 Å². The highest BCUT2D eigenvalue weighted by atomic mass is 16.3. The lowest BCUT2D eigenvalue weighted by Gasteiger charge is -2.26. The van der Waals surface area contributed by atoms with Crippen molar-refractivity contribution in [3.63, 3.8) is 0 Å². The Bertz CT molecular complexity index is 2680. The summed E-state index contributed by atoms with van der Waals surface area (Å²) in [5.41, 5.74) is 12.9. The van der Waals surface area contributed by atoms with Gasteiger partial charge in [0, 0.05) is 74.5 Å². The zero-order chi connectivity index (χ0) is 33.7. The molecule has 4 aromatic heterocycles. The van der Waals surface area contributed by atoms with Crippen molar-refractivity contribution in [1.29, 1.82) is 0 Å². The SMILES string of the molecule is c1ccc(-c2ccc(N(c3ccc(-c4cncc5c4oc4ccccc45)cc3)c3ccc(-c4cncc5c4oc4ccccc45)cc3)cc2)cc1. The molecule has 5 heteroatoms. The Labute approximate surface area is 293 Å². The molecule has 0 unspecified atom stereocenters. The van der Waals surface area contributed by atoms with Crippen LogP contribution in [0, 0.1) is 0 Å². The van der Waals surface area contributed by atoms with Gasteiger partial charge in [0.15, 0.2) is 0 Å². The molecule has 0 saturated carbocycles. The summed E-state index contributed by atoms with van der Waals surface area (Å²) in [6.45, 7) is 0. The molecule has 0 aliphatic rings. The fourth-order valence-corrected chi connectivity index (χ4v) is 7.15.